The second-order valence-electron chi connectivity index (χ2n) is 14.4. The number of methoxy groups -OCH3 is 2. The molecule has 272 valence electrons. The van der Waals surface area contributed by atoms with E-state index >= 15 is 0 Å². The maximum absolute atomic E-state index is 14.2. The van der Waals surface area contributed by atoms with Crippen LogP contribution in [0.5, 0.6) is 11.5 Å². The number of benzene rings is 5. The van der Waals surface area contributed by atoms with Crippen molar-refractivity contribution >= 4 is 5.97 Å². The van der Waals surface area contributed by atoms with Crippen molar-refractivity contribution in [2.75, 3.05) is 14.2 Å². The van der Waals surface area contributed by atoms with Gasteiger partial charge in [-0.15, -0.1) is 0 Å². The van der Waals surface area contributed by atoms with Crippen LogP contribution < -0.4 is 9.47 Å². The number of esters is 1. The first kappa shape index (κ1) is 38.3. The molecule has 5 rings (SSSR count). The van der Waals surface area contributed by atoms with E-state index in [-0.39, 0.29) is 30.5 Å². The molecule has 0 bridgehead atoms. The van der Waals surface area contributed by atoms with E-state index in [2.05, 4.69) is 138 Å². The Balaban J connectivity index is 1.70. The molecule has 6 nitrogen and oxygen atoms in total. The molecular formula is C46H54N2O4. The van der Waals surface area contributed by atoms with Crippen LogP contribution in [0.2, 0.25) is 0 Å². The van der Waals surface area contributed by atoms with Gasteiger partial charge in [0.1, 0.15) is 5.60 Å². The van der Waals surface area contributed by atoms with E-state index in [1.54, 1.807) is 14.2 Å². The van der Waals surface area contributed by atoms with Crippen LogP contribution in [0.1, 0.15) is 68.0 Å². The standard InChI is InChI=1S/C46H54N2O4/c1-35(40-25-17-10-18-26-40)48(34-39-27-28-43(50-5)44(30-39)51-6)42(31-45(49)52-46(2,3)4)41(29-36-19-11-7-12-20-36)47(32-37-21-13-8-14-22-37)33-38-23-15-9-16-24-38/h7-28,30,35,41-42H,29,31-34H2,1-6H3/t35-,41+,42+/m0/s1. The first-order valence-electron chi connectivity index (χ1n) is 18.2. The molecule has 5 aromatic rings. The number of carbonyl (C=O) groups excluding carboxylic acids is 1. The summed E-state index contributed by atoms with van der Waals surface area (Å²) >= 11 is 0. The molecule has 0 aliphatic carbocycles. The van der Waals surface area contributed by atoms with Crippen LogP contribution in [0.4, 0.5) is 0 Å². The van der Waals surface area contributed by atoms with E-state index in [0.717, 1.165) is 12.0 Å². The molecule has 0 radical (unpaired) electrons. The van der Waals surface area contributed by atoms with E-state index in [1.807, 2.05) is 39.0 Å². The molecule has 0 fully saturated rings. The Labute approximate surface area is 311 Å². The fraction of sp³-hybridized carbons (Fsp3) is 0.326. The van der Waals surface area contributed by atoms with Gasteiger partial charge in [0.25, 0.3) is 0 Å². The highest BCUT2D eigenvalue weighted by molar-refractivity contribution is 5.70. The normalized spacial score (nSPS) is 13.4. The van der Waals surface area contributed by atoms with Gasteiger partial charge in [-0.1, -0.05) is 127 Å². The Hall–Kier alpha value is -4.91. The summed E-state index contributed by atoms with van der Waals surface area (Å²) in [5.41, 5.74) is 5.26. The van der Waals surface area contributed by atoms with Gasteiger partial charge in [-0.05, 0) is 74.1 Å². The van der Waals surface area contributed by atoms with Gasteiger partial charge in [-0.25, -0.2) is 0 Å². The number of nitrogens with zero attached hydrogens (tertiary/aromatic N) is 2. The average Bonchev–Trinajstić information content (AvgIpc) is 3.15. The number of rotatable bonds is 17. The van der Waals surface area contributed by atoms with E-state index in [4.69, 9.17) is 14.2 Å². The fourth-order valence-corrected chi connectivity index (χ4v) is 6.97. The molecule has 52 heavy (non-hydrogen) atoms. The first-order chi connectivity index (χ1) is 25.1. The van der Waals surface area contributed by atoms with Gasteiger partial charge in [0, 0.05) is 37.8 Å². The van der Waals surface area contributed by atoms with Crippen molar-refractivity contribution in [3.8, 4) is 11.5 Å². The summed E-state index contributed by atoms with van der Waals surface area (Å²) in [6.45, 7) is 10.0. The average molecular weight is 699 g/mol. The number of ether oxygens (including phenoxy) is 3. The lowest BCUT2D eigenvalue weighted by Crippen LogP contribution is -2.54. The Bertz CT molecular complexity index is 1750. The van der Waals surface area contributed by atoms with Crippen LogP contribution in [0, 0.1) is 0 Å². The molecule has 0 unspecified atom stereocenters. The maximum Gasteiger partial charge on any atom is 0.307 e. The van der Waals surface area contributed by atoms with Gasteiger partial charge in [-0.2, -0.15) is 0 Å². The lowest BCUT2D eigenvalue weighted by Gasteiger charge is -2.45. The summed E-state index contributed by atoms with van der Waals surface area (Å²) < 4.78 is 17.5. The van der Waals surface area contributed by atoms with E-state index in [0.29, 0.717) is 31.1 Å². The zero-order chi connectivity index (χ0) is 36.9. The molecule has 0 aromatic heterocycles. The van der Waals surface area contributed by atoms with Crippen LogP contribution >= 0.6 is 0 Å². The van der Waals surface area contributed by atoms with Gasteiger partial charge in [0.2, 0.25) is 0 Å². The third kappa shape index (κ3) is 11.0. The number of carbonyl (C=O) groups is 1. The smallest absolute Gasteiger partial charge is 0.307 e. The van der Waals surface area contributed by atoms with Crippen molar-refractivity contribution < 1.29 is 19.0 Å². The second kappa shape index (κ2) is 18.5. The predicted molar refractivity (Wildman–Crippen MR) is 210 cm³/mol. The van der Waals surface area contributed by atoms with Crippen molar-refractivity contribution in [3.63, 3.8) is 0 Å². The van der Waals surface area contributed by atoms with Gasteiger partial charge in [0.15, 0.2) is 11.5 Å². The quantitative estimate of drug-likeness (QED) is 0.0902. The Morgan fingerprint density at radius 3 is 1.60 bits per heavy atom. The van der Waals surface area contributed by atoms with E-state index in [9.17, 15) is 4.79 Å². The minimum atomic E-state index is -0.621. The molecule has 0 aliphatic heterocycles. The van der Waals surface area contributed by atoms with Crippen molar-refractivity contribution in [3.05, 3.63) is 167 Å². The summed E-state index contributed by atoms with van der Waals surface area (Å²) in [6, 6.07) is 48.2. The lowest BCUT2D eigenvalue weighted by molar-refractivity contribution is -0.157. The molecule has 3 atom stereocenters. The maximum atomic E-state index is 14.2. The third-order valence-electron chi connectivity index (χ3n) is 9.47. The topological polar surface area (TPSA) is 51.2 Å². The fourth-order valence-electron chi connectivity index (χ4n) is 6.97. The molecule has 0 aliphatic rings. The molecule has 0 N–H and O–H groups in total. The monoisotopic (exact) mass is 698 g/mol. The van der Waals surface area contributed by atoms with Crippen molar-refractivity contribution in [1.29, 1.82) is 0 Å². The zero-order valence-corrected chi connectivity index (χ0v) is 31.6. The van der Waals surface area contributed by atoms with Gasteiger partial charge >= 0.3 is 5.97 Å². The molecule has 0 spiro atoms. The molecule has 0 saturated heterocycles. The minimum absolute atomic E-state index is 0.0460. The summed E-state index contributed by atoms with van der Waals surface area (Å²) in [5.74, 6) is 1.14. The van der Waals surface area contributed by atoms with Crippen molar-refractivity contribution in [2.24, 2.45) is 0 Å². The molecular weight excluding hydrogens is 645 g/mol. The van der Waals surface area contributed by atoms with Crippen LogP contribution in [0.3, 0.4) is 0 Å². The van der Waals surface area contributed by atoms with E-state index < -0.39 is 5.60 Å². The van der Waals surface area contributed by atoms with E-state index in [1.165, 1.54) is 22.3 Å². The van der Waals surface area contributed by atoms with Gasteiger partial charge < -0.3 is 14.2 Å². The highest BCUT2D eigenvalue weighted by Gasteiger charge is 2.38. The molecule has 6 heteroatoms. The highest BCUT2D eigenvalue weighted by Crippen LogP contribution is 2.35. The van der Waals surface area contributed by atoms with Crippen LogP contribution in [-0.4, -0.2) is 47.7 Å². The zero-order valence-electron chi connectivity index (χ0n) is 31.6. The summed E-state index contributed by atoms with van der Waals surface area (Å²) in [6.07, 6.45) is 0.942. The SMILES string of the molecule is COc1ccc(CN([C@H](CC(=O)OC(C)(C)C)[C@@H](Cc2ccccc2)N(Cc2ccccc2)Cc2ccccc2)[C@@H](C)c2ccccc2)cc1OC. The summed E-state index contributed by atoms with van der Waals surface area (Å²) in [7, 11) is 3.32. The largest absolute Gasteiger partial charge is 0.493 e. The third-order valence-corrected chi connectivity index (χ3v) is 9.47. The number of hydrogen-bond donors (Lipinski definition) is 0. The number of hydrogen-bond acceptors (Lipinski definition) is 6. The van der Waals surface area contributed by atoms with Crippen LogP contribution in [0.25, 0.3) is 0 Å². The molecule has 0 saturated carbocycles. The molecule has 0 heterocycles. The highest BCUT2D eigenvalue weighted by atomic mass is 16.6. The van der Waals surface area contributed by atoms with Gasteiger partial charge in [0.05, 0.1) is 20.6 Å². The first-order valence-corrected chi connectivity index (χ1v) is 18.2. The van der Waals surface area contributed by atoms with Gasteiger partial charge in [-0.3, -0.25) is 14.6 Å². The Morgan fingerprint density at radius 2 is 1.10 bits per heavy atom. The second-order valence-corrected chi connectivity index (χ2v) is 14.4. The Morgan fingerprint density at radius 1 is 0.596 bits per heavy atom. The predicted octanol–water partition coefficient (Wildman–Crippen LogP) is 9.68. The van der Waals surface area contributed by atoms with Crippen molar-refractivity contribution in [1.82, 2.24) is 9.80 Å². The molecule has 5 aromatic carbocycles. The Kier molecular flexibility index (Phi) is 13.7. The lowest BCUT2D eigenvalue weighted by atomic mass is 9.90. The van der Waals surface area contributed by atoms with Crippen LogP contribution in [-0.2, 0) is 35.6 Å². The summed E-state index contributed by atoms with van der Waals surface area (Å²) in [4.78, 5) is 19.2. The van der Waals surface area contributed by atoms with Crippen molar-refractivity contribution in [2.45, 2.75) is 83.9 Å². The minimum Gasteiger partial charge on any atom is -0.493 e. The summed E-state index contributed by atoms with van der Waals surface area (Å²) in [5, 5.41) is 0. The van der Waals surface area contributed by atoms with Crippen LogP contribution in [0.15, 0.2) is 140 Å². The molecule has 0 amide bonds.